The zero-order chi connectivity index (χ0) is 13.2. The average molecular weight is 249 g/mol. The van der Waals surface area contributed by atoms with Crippen LogP contribution < -0.4 is 15.8 Å². The molecule has 3 N–H and O–H groups in total. The molecule has 0 bridgehead atoms. The van der Waals surface area contributed by atoms with Crippen LogP contribution in [0.4, 0.5) is 0 Å². The van der Waals surface area contributed by atoms with E-state index in [4.69, 9.17) is 10.5 Å². The summed E-state index contributed by atoms with van der Waals surface area (Å²) in [5.74, 6) is 1.44. The van der Waals surface area contributed by atoms with E-state index in [0.717, 1.165) is 31.7 Å². The number of hydrogen-bond donors (Lipinski definition) is 2. The Labute approximate surface area is 109 Å². The second kappa shape index (κ2) is 8.39. The van der Waals surface area contributed by atoms with Crippen LogP contribution in [0.3, 0.4) is 0 Å². The van der Waals surface area contributed by atoms with Gasteiger partial charge in [0.05, 0.1) is 6.61 Å². The first-order valence-corrected chi connectivity index (χ1v) is 6.51. The molecule has 0 aromatic heterocycles. The highest BCUT2D eigenvalue weighted by Gasteiger charge is 1.97. The van der Waals surface area contributed by atoms with Crippen molar-refractivity contribution in [1.29, 1.82) is 0 Å². The standard InChI is InChI=1S/C14H23N3O/c1-3-9-16-14(15)17-10-8-12-6-5-7-13(11-12)18-4-2/h5-7,11H,3-4,8-10H2,1-2H3,(H3,15,16,17). The zero-order valence-electron chi connectivity index (χ0n) is 11.3. The summed E-state index contributed by atoms with van der Waals surface area (Å²) in [6, 6.07) is 8.13. The summed E-state index contributed by atoms with van der Waals surface area (Å²) in [7, 11) is 0. The number of nitrogens with zero attached hydrogens (tertiary/aromatic N) is 1. The van der Waals surface area contributed by atoms with Crippen molar-refractivity contribution < 1.29 is 4.74 Å². The number of nitrogens with one attached hydrogen (secondary N) is 1. The Morgan fingerprint density at radius 2 is 2.22 bits per heavy atom. The third kappa shape index (κ3) is 5.57. The predicted octanol–water partition coefficient (Wildman–Crippen LogP) is 1.94. The Bertz CT molecular complexity index is 377. The second-order valence-corrected chi connectivity index (χ2v) is 4.02. The fourth-order valence-corrected chi connectivity index (χ4v) is 1.58. The first kappa shape index (κ1) is 14.4. The molecule has 0 aliphatic rings. The number of ether oxygens (including phenoxy) is 1. The molecule has 0 atom stereocenters. The third-order valence-electron chi connectivity index (χ3n) is 2.43. The molecule has 0 heterocycles. The first-order valence-electron chi connectivity index (χ1n) is 6.51. The molecule has 18 heavy (non-hydrogen) atoms. The first-order chi connectivity index (χ1) is 8.76. The van der Waals surface area contributed by atoms with E-state index >= 15 is 0 Å². The molecule has 0 saturated heterocycles. The van der Waals surface area contributed by atoms with Crippen LogP contribution >= 0.6 is 0 Å². The van der Waals surface area contributed by atoms with E-state index in [1.165, 1.54) is 5.56 Å². The molecule has 0 radical (unpaired) electrons. The van der Waals surface area contributed by atoms with Crippen molar-refractivity contribution in [3.63, 3.8) is 0 Å². The van der Waals surface area contributed by atoms with E-state index in [1.807, 2.05) is 19.1 Å². The van der Waals surface area contributed by atoms with Gasteiger partial charge in [0.25, 0.3) is 0 Å². The second-order valence-electron chi connectivity index (χ2n) is 4.02. The van der Waals surface area contributed by atoms with Gasteiger partial charge in [-0.1, -0.05) is 19.1 Å². The number of guanidine groups is 1. The topological polar surface area (TPSA) is 59.6 Å². The zero-order valence-corrected chi connectivity index (χ0v) is 11.3. The van der Waals surface area contributed by atoms with Crippen molar-refractivity contribution in [2.75, 3.05) is 19.7 Å². The van der Waals surface area contributed by atoms with Gasteiger partial charge in [-0.25, -0.2) is 0 Å². The SMILES string of the molecule is CCCN=C(N)NCCc1cccc(OCC)c1. The summed E-state index contributed by atoms with van der Waals surface area (Å²) >= 11 is 0. The largest absolute Gasteiger partial charge is 0.494 e. The number of aliphatic imine (C=N–C) groups is 1. The van der Waals surface area contributed by atoms with Gasteiger partial charge in [0.1, 0.15) is 5.75 Å². The van der Waals surface area contributed by atoms with Crippen molar-refractivity contribution in [1.82, 2.24) is 5.32 Å². The van der Waals surface area contributed by atoms with Crippen LogP contribution in [0.25, 0.3) is 0 Å². The van der Waals surface area contributed by atoms with Crippen LogP contribution in [0, 0.1) is 0 Å². The molecule has 4 heteroatoms. The minimum atomic E-state index is 0.526. The van der Waals surface area contributed by atoms with Gasteiger partial charge in [-0.15, -0.1) is 0 Å². The molecule has 4 nitrogen and oxygen atoms in total. The molecule has 1 aromatic carbocycles. The Hall–Kier alpha value is -1.71. The third-order valence-corrected chi connectivity index (χ3v) is 2.43. The lowest BCUT2D eigenvalue weighted by Crippen LogP contribution is -2.33. The number of hydrogen-bond acceptors (Lipinski definition) is 2. The quantitative estimate of drug-likeness (QED) is 0.573. The van der Waals surface area contributed by atoms with Gasteiger partial charge in [0.15, 0.2) is 5.96 Å². The van der Waals surface area contributed by atoms with Crippen molar-refractivity contribution >= 4 is 5.96 Å². The van der Waals surface area contributed by atoms with Crippen LogP contribution in [0.5, 0.6) is 5.75 Å². The monoisotopic (exact) mass is 249 g/mol. The maximum absolute atomic E-state index is 5.72. The number of nitrogens with two attached hydrogens (primary N) is 1. The molecular formula is C14H23N3O. The van der Waals surface area contributed by atoms with E-state index in [2.05, 4.69) is 29.4 Å². The lowest BCUT2D eigenvalue weighted by molar-refractivity contribution is 0.340. The fourth-order valence-electron chi connectivity index (χ4n) is 1.58. The van der Waals surface area contributed by atoms with Crippen LogP contribution in [0.15, 0.2) is 29.3 Å². The molecule has 0 aliphatic carbocycles. The van der Waals surface area contributed by atoms with Crippen LogP contribution in [0.2, 0.25) is 0 Å². The van der Waals surface area contributed by atoms with Crippen molar-refractivity contribution in [2.24, 2.45) is 10.7 Å². The van der Waals surface area contributed by atoms with Crippen LogP contribution in [0.1, 0.15) is 25.8 Å². The molecule has 1 rings (SSSR count). The molecule has 0 aliphatic heterocycles. The summed E-state index contributed by atoms with van der Waals surface area (Å²) < 4.78 is 5.46. The highest BCUT2D eigenvalue weighted by Crippen LogP contribution is 2.13. The fraction of sp³-hybridized carbons (Fsp3) is 0.500. The van der Waals surface area contributed by atoms with Gasteiger partial charge in [-0.3, -0.25) is 4.99 Å². The number of rotatable bonds is 7. The minimum absolute atomic E-state index is 0.526. The van der Waals surface area contributed by atoms with E-state index in [-0.39, 0.29) is 0 Å². The maximum Gasteiger partial charge on any atom is 0.188 e. The predicted molar refractivity (Wildman–Crippen MR) is 76.1 cm³/mol. The van der Waals surface area contributed by atoms with Gasteiger partial charge < -0.3 is 15.8 Å². The van der Waals surface area contributed by atoms with Crippen LogP contribution in [-0.2, 0) is 6.42 Å². The summed E-state index contributed by atoms with van der Waals surface area (Å²) in [4.78, 5) is 4.18. The Balaban J connectivity index is 2.36. The van der Waals surface area contributed by atoms with Gasteiger partial charge in [-0.05, 0) is 37.5 Å². The smallest absolute Gasteiger partial charge is 0.188 e. The summed E-state index contributed by atoms with van der Waals surface area (Å²) in [6.07, 6.45) is 1.92. The molecule has 0 unspecified atom stereocenters. The highest BCUT2D eigenvalue weighted by atomic mass is 16.5. The highest BCUT2D eigenvalue weighted by molar-refractivity contribution is 5.77. The Morgan fingerprint density at radius 1 is 1.39 bits per heavy atom. The van der Waals surface area contributed by atoms with Gasteiger partial charge in [0.2, 0.25) is 0 Å². The summed E-state index contributed by atoms with van der Waals surface area (Å²) in [5.41, 5.74) is 6.95. The molecule has 0 spiro atoms. The lowest BCUT2D eigenvalue weighted by atomic mass is 10.1. The summed E-state index contributed by atoms with van der Waals surface area (Å²) in [6.45, 7) is 6.32. The minimum Gasteiger partial charge on any atom is -0.494 e. The number of benzene rings is 1. The molecule has 0 saturated carbocycles. The van der Waals surface area contributed by atoms with Gasteiger partial charge in [0, 0.05) is 13.1 Å². The van der Waals surface area contributed by atoms with Gasteiger partial charge >= 0.3 is 0 Å². The van der Waals surface area contributed by atoms with Crippen molar-refractivity contribution in [3.05, 3.63) is 29.8 Å². The van der Waals surface area contributed by atoms with Crippen LogP contribution in [-0.4, -0.2) is 25.7 Å². The molecule has 100 valence electrons. The Morgan fingerprint density at radius 3 is 2.94 bits per heavy atom. The molecule has 0 fully saturated rings. The van der Waals surface area contributed by atoms with E-state index in [0.29, 0.717) is 12.6 Å². The summed E-state index contributed by atoms with van der Waals surface area (Å²) in [5, 5.41) is 3.10. The molecular weight excluding hydrogens is 226 g/mol. The maximum atomic E-state index is 5.72. The van der Waals surface area contributed by atoms with Crippen molar-refractivity contribution in [2.45, 2.75) is 26.7 Å². The van der Waals surface area contributed by atoms with E-state index < -0.39 is 0 Å². The normalized spacial score (nSPS) is 11.3. The van der Waals surface area contributed by atoms with E-state index in [1.54, 1.807) is 0 Å². The Kier molecular flexibility index (Phi) is 6.69. The molecule has 0 amide bonds. The van der Waals surface area contributed by atoms with E-state index in [9.17, 15) is 0 Å². The lowest BCUT2D eigenvalue weighted by Gasteiger charge is -2.07. The average Bonchev–Trinajstić information content (AvgIpc) is 2.37. The van der Waals surface area contributed by atoms with Crippen molar-refractivity contribution in [3.8, 4) is 5.75 Å². The van der Waals surface area contributed by atoms with Gasteiger partial charge in [-0.2, -0.15) is 0 Å². The molecule has 1 aromatic rings.